The monoisotopic (exact) mass is 378 g/mol. The van der Waals surface area contributed by atoms with Crippen LogP contribution in [0.3, 0.4) is 0 Å². The molecule has 3 heterocycles. The second kappa shape index (κ2) is 6.60. The number of aromatic nitrogens is 2. The molecule has 0 spiro atoms. The third-order valence-corrected chi connectivity index (χ3v) is 6.72. The average molecular weight is 379 g/mol. The Morgan fingerprint density at radius 3 is 3.11 bits per heavy atom. The van der Waals surface area contributed by atoms with Gasteiger partial charge in [0.15, 0.2) is 5.65 Å². The first-order valence-electron chi connectivity index (χ1n) is 9.57. The normalized spacial score (nSPS) is 21.6. The van der Waals surface area contributed by atoms with Crippen LogP contribution >= 0.6 is 11.3 Å². The number of pyridine rings is 1. The van der Waals surface area contributed by atoms with Gasteiger partial charge >= 0.3 is 6.03 Å². The Hall–Kier alpha value is -2.47. The highest BCUT2D eigenvalue weighted by Gasteiger charge is 2.34. The summed E-state index contributed by atoms with van der Waals surface area (Å²) in [5.41, 5.74) is 4.55. The summed E-state index contributed by atoms with van der Waals surface area (Å²) in [5.74, 6) is 0. The maximum absolute atomic E-state index is 13.0. The largest absolute Gasteiger partial charge is 0.331 e. The number of nitrogens with one attached hydrogen (secondary N) is 1. The number of nitrogens with zero attached hydrogens (tertiary/aromatic N) is 3. The number of hydrogen-bond donors (Lipinski definition) is 1. The van der Waals surface area contributed by atoms with Gasteiger partial charge < -0.3 is 10.2 Å². The number of hydrogen-bond acceptors (Lipinski definition) is 4. The number of likely N-dealkylation sites (tertiary alicyclic amines) is 1. The Kier molecular flexibility index (Phi) is 4.08. The average Bonchev–Trinajstić information content (AvgIpc) is 3.39. The van der Waals surface area contributed by atoms with E-state index in [1.165, 1.54) is 11.1 Å². The van der Waals surface area contributed by atoms with Gasteiger partial charge in [-0.2, -0.15) is 0 Å². The molecular weight excluding hydrogens is 356 g/mol. The van der Waals surface area contributed by atoms with Crippen molar-refractivity contribution in [2.75, 3.05) is 6.54 Å². The highest BCUT2D eigenvalue weighted by atomic mass is 32.1. The van der Waals surface area contributed by atoms with Crippen molar-refractivity contribution in [1.82, 2.24) is 20.2 Å². The molecule has 0 saturated carbocycles. The smallest absolute Gasteiger partial charge is 0.318 e. The number of thiazole rings is 1. The lowest BCUT2D eigenvalue weighted by Gasteiger charge is -2.25. The third-order valence-electron chi connectivity index (χ3n) is 5.63. The topological polar surface area (TPSA) is 58.1 Å². The van der Waals surface area contributed by atoms with Gasteiger partial charge in [0.1, 0.15) is 5.01 Å². The lowest BCUT2D eigenvalue weighted by atomic mass is 10.1. The number of carbonyl (C=O) groups excluding carboxylic acids is 1. The van der Waals surface area contributed by atoms with Gasteiger partial charge in [-0.05, 0) is 55.4 Å². The predicted octanol–water partition coefficient (Wildman–Crippen LogP) is 4.53. The fraction of sp³-hybridized carbons (Fsp3) is 0.381. The number of fused-ring (bicyclic) bond motifs is 2. The van der Waals surface area contributed by atoms with Crippen LogP contribution in [0.1, 0.15) is 53.0 Å². The Bertz CT molecular complexity index is 1010. The Morgan fingerprint density at radius 2 is 2.19 bits per heavy atom. The molecule has 1 aliphatic heterocycles. The van der Waals surface area contributed by atoms with Crippen LogP contribution in [0.25, 0.3) is 10.3 Å². The zero-order valence-electron chi connectivity index (χ0n) is 15.3. The van der Waals surface area contributed by atoms with Crippen LogP contribution < -0.4 is 5.32 Å². The molecule has 5 rings (SSSR count). The molecule has 1 fully saturated rings. The Balaban J connectivity index is 1.37. The van der Waals surface area contributed by atoms with Gasteiger partial charge in [0.05, 0.1) is 16.8 Å². The second-order valence-electron chi connectivity index (χ2n) is 7.48. The van der Waals surface area contributed by atoms with Crippen molar-refractivity contribution >= 4 is 27.7 Å². The van der Waals surface area contributed by atoms with Crippen LogP contribution in [-0.2, 0) is 6.42 Å². The maximum Gasteiger partial charge on any atom is 0.318 e. The molecule has 1 aromatic carbocycles. The summed E-state index contributed by atoms with van der Waals surface area (Å²) >= 11 is 1.67. The Labute approximate surface area is 162 Å². The van der Waals surface area contributed by atoms with Crippen LogP contribution in [0.15, 0.2) is 36.5 Å². The lowest BCUT2D eigenvalue weighted by Crippen LogP contribution is -2.40. The van der Waals surface area contributed by atoms with Gasteiger partial charge in [-0.25, -0.2) is 14.8 Å². The van der Waals surface area contributed by atoms with Crippen molar-refractivity contribution in [3.05, 3.63) is 58.2 Å². The summed E-state index contributed by atoms with van der Waals surface area (Å²) in [7, 11) is 0. The molecule has 2 aromatic heterocycles. The Morgan fingerprint density at radius 1 is 1.30 bits per heavy atom. The molecule has 3 aromatic rings. The first kappa shape index (κ1) is 16.7. The minimum absolute atomic E-state index is 0.0302. The molecule has 0 unspecified atom stereocenters. The summed E-state index contributed by atoms with van der Waals surface area (Å²) in [6.45, 7) is 2.83. The number of benzene rings is 1. The van der Waals surface area contributed by atoms with Crippen molar-refractivity contribution in [2.45, 2.75) is 44.7 Å². The molecule has 2 amide bonds. The first-order chi connectivity index (χ1) is 13.2. The van der Waals surface area contributed by atoms with Crippen molar-refractivity contribution in [3.63, 3.8) is 0 Å². The van der Waals surface area contributed by atoms with Gasteiger partial charge in [0, 0.05) is 12.7 Å². The van der Waals surface area contributed by atoms with Crippen LogP contribution in [0, 0.1) is 6.92 Å². The van der Waals surface area contributed by atoms with E-state index in [1.54, 1.807) is 11.3 Å². The summed E-state index contributed by atoms with van der Waals surface area (Å²) in [4.78, 5) is 24.2. The maximum atomic E-state index is 13.0. The molecule has 2 atom stereocenters. The predicted molar refractivity (Wildman–Crippen MR) is 107 cm³/mol. The van der Waals surface area contributed by atoms with Crippen LogP contribution in [0.4, 0.5) is 4.79 Å². The standard InChI is InChI=1S/C21H22N4OS/c1-13-11-18-19(22-12-13)24-20(27-18)17-7-4-10-25(17)21(26)23-16-9-8-14-5-2-3-6-15(14)16/h2-3,5-6,11-12,16-17H,4,7-10H2,1H3,(H,23,26)/t16-,17-/m1/s1. The zero-order chi connectivity index (χ0) is 18.4. The van der Waals surface area contributed by atoms with Gasteiger partial charge in [0.25, 0.3) is 0 Å². The van der Waals surface area contributed by atoms with E-state index in [2.05, 4.69) is 40.6 Å². The highest BCUT2D eigenvalue weighted by molar-refractivity contribution is 7.18. The van der Waals surface area contributed by atoms with E-state index in [1.807, 2.05) is 18.0 Å². The molecule has 1 aliphatic carbocycles. The molecule has 6 heteroatoms. The van der Waals surface area contributed by atoms with E-state index in [0.717, 1.165) is 53.1 Å². The molecule has 5 nitrogen and oxygen atoms in total. The molecule has 1 saturated heterocycles. The van der Waals surface area contributed by atoms with E-state index >= 15 is 0 Å². The summed E-state index contributed by atoms with van der Waals surface area (Å²) in [6, 6.07) is 10.8. The molecule has 138 valence electrons. The van der Waals surface area contributed by atoms with Crippen LogP contribution in [0.5, 0.6) is 0 Å². The number of rotatable bonds is 2. The van der Waals surface area contributed by atoms with Crippen molar-refractivity contribution in [2.24, 2.45) is 0 Å². The molecule has 1 N–H and O–H groups in total. The van der Waals surface area contributed by atoms with Crippen molar-refractivity contribution in [1.29, 1.82) is 0 Å². The van der Waals surface area contributed by atoms with E-state index in [0.29, 0.717) is 0 Å². The fourth-order valence-corrected chi connectivity index (χ4v) is 5.46. The van der Waals surface area contributed by atoms with E-state index in [9.17, 15) is 4.79 Å². The van der Waals surface area contributed by atoms with E-state index in [-0.39, 0.29) is 18.1 Å². The van der Waals surface area contributed by atoms with Gasteiger partial charge in [-0.3, -0.25) is 0 Å². The van der Waals surface area contributed by atoms with Crippen molar-refractivity contribution < 1.29 is 4.79 Å². The molecule has 2 aliphatic rings. The molecule has 0 radical (unpaired) electrons. The van der Waals surface area contributed by atoms with Gasteiger partial charge in [-0.1, -0.05) is 24.3 Å². The quantitative estimate of drug-likeness (QED) is 0.712. The first-order valence-corrected chi connectivity index (χ1v) is 10.4. The third kappa shape index (κ3) is 2.98. The number of carbonyl (C=O) groups is 1. The van der Waals surface area contributed by atoms with Crippen LogP contribution in [0.2, 0.25) is 0 Å². The van der Waals surface area contributed by atoms with Gasteiger partial charge in [-0.15, -0.1) is 11.3 Å². The van der Waals surface area contributed by atoms with E-state index < -0.39 is 0 Å². The minimum atomic E-state index is 0.0302. The van der Waals surface area contributed by atoms with Crippen molar-refractivity contribution in [3.8, 4) is 0 Å². The molecule has 27 heavy (non-hydrogen) atoms. The SMILES string of the molecule is Cc1cnc2nc([C@H]3CCCN3C(=O)N[C@@H]3CCc4ccccc43)sc2c1. The zero-order valence-corrected chi connectivity index (χ0v) is 16.1. The van der Waals surface area contributed by atoms with Crippen LogP contribution in [-0.4, -0.2) is 27.4 Å². The number of urea groups is 1. The summed E-state index contributed by atoms with van der Waals surface area (Å²) in [5, 5.41) is 4.27. The minimum Gasteiger partial charge on any atom is -0.331 e. The molecule has 0 bridgehead atoms. The van der Waals surface area contributed by atoms with E-state index in [4.69, 9.17) is 4.98 Å². The fourth-order valence-electron chi connectivity index (χ4n) is 4.28. The number of amides is 2. The number of aryl methyl sites for hydroxylation is 2. The molecular formula is C21H22N4OS. The van der Waals surface area contributed by atoms with Gasteiger partial charge in [0.2, 0.25) is 0 Å². The summed E-state index contributed by atoms with van der Waals surface area (Å²) in [6.07, 6.45) is 5.85. The summed E-state index contributed by atoms with van der Waals surface area (Å²) < 4.78 is 1.10. The highest BCUT2D eigenvalue weighted by Crippen LogP contribution is 2.37. The lowest BCUT2D eigenvalue weighted by molar-refractivity contribution is 0.189. The second-order valence-corrected chi connectivity index (χ2v) is 8.54.